The molecule has 0 unspecified atom stereocenters. The van der Waals surface area contributed by atoms with Crippen molar-refractivity contribution < 1.29 is 17.7 Å². The third kappa shape index (κ3) is 3.92. The molecule has 0 atom stereocenters. The fraction of sp³-hybridized carbons (Fsp3) is 0.176. The van der Waals surface area contributed by atoms with E-state index in [1.165, 1.54) is 0 Å². The summed E-state index contributed by atoms with van der Waals surface area (Å²) in [7, 11) is 0. The van der Waals surface area contributed by atoms with Crippen LogP contribution in [0.5, 0.6) is 0 Å². The van der Waals surface area contributed by atoms with Crippen molar-refractivity contribution in [2.24, 2.45) is 0 Å². The molecule has 1 aromatic heterocycles. The molecule has 0 aliphatic heterocycles. The number of hydrogen-bond acceptors (Lipinski definition) is 4. The van der Waals surface area contributed by atoms with Crippen LogP contribution >= 0.6 is 0 Å². The molecule has 3 aromatic rings. The van der Waals surface area contributed by atoms with Crippen LogP contribution < -0.4 is 4.90 Å². The molecule has 0 bridgehead atoms. The highest BCUT2D eigenvalue weighted by molar-refractivity contribution is 5.32. The lowest BCUT2D eigenvalue weighted by Gasteiger charge is -2.20. The van der Waals surface area contributed by atoms with Gasteiger partial charge in [-0.05, 0) is 16.3 Å². The number of rotatable bonds is 5. The van der Waals surface area contributed by atoms with E-state index in [2.05, 4.69) is 10.1 Å². The van der Waals surface area contributed by atoms with Gasteiger partial charge in [-0.15, -0.1) is 0 Å². The summed E-state index contributed by atoms with van der Waals surface area (Å²) < 4.78 is 43.0. The minimum absolute atomic E-state index is 0.157. The molecule has 2 aromatic carbocycles. The van der Waals surface area contributed by atoms with Crippen molar-refractivity contribution in [3.8, 4) is 0 Å². The first-order valence-electron chi connectivity index (χ1n) is 7.26. The van der Waals surface area contributed by atoms with Gasteiger partial charge in [0.2, 0.25) is 0 Å². The van der Waals surface area contributed by atoms with Gasteiger partial charge in [0.05, 0.1) is 0 Å². The highest BCUT2D eigenvalue weighted by Crippen LogP contribution is 2.29. The average molecular weight is 333 g/mol. The Morgan fingerprint density at radius 3 is 1.75 bits per heavy atom. The van der Waals surface area contributed by atoms with E-state index in [1.807, 2.05) is 60.7 Å². The molecule has 0 aliphatic rings. The average Bonchev–Trinajstić information content (AvgIpc) is 3.06. The smallest absolute Gasteiger partial charge is 0.316 e. The van der Waals surface area contributed by atoms with Gasteiger partial charge in [0.15, 0.2) is 0 Å². The molecule has 0 radical (unpaired) electrons. The molecular weight excluding hydrogens is 319 g/mol. The number of aromatic nitrogens is 2. The first-order valence-corrected chi connectivity index (χ1v) is 7.26. The summed E-state index contributed by atoms with van der Waals surface area (Å²) in [6, 6.07) is 18.6. The Morgan fingerprint density at radius 1 is 0.833 bits per heavy atom. The summed E-state index contributed by atoms with van der Waals surface area (Å²) in [4.78, 5) is 5.12. The van der Waals surface area contributed by atoms with Crippen LogP contribution in [-0.4, -0.2) is 10.1 Å². The number of hydrogen-bond donors (Lipinski definition) is 0. The van der Waals surface area contributed by atoms with Gasteiger partial charge in [0, 0.05) is 13.1 Å². The van der Waals surface area contributed by atoms with Crippen LogP contribution in [-0.2, 0) is 19.3 Å². The maximum absolute atomic E-state index is 12.7. The van der Waals surface area contributed by atoms with Gasteiger partial charge in [0.1, 0.15) is 0 Å². The normalized spacial score (nSPS) is 11.5. The SMILES string of the molecule is FC(F)(F)c1noc(N(Cc2ccccc2)Cc2ccccc2)n1. The second kappa shape index (κ2) is 6.74. The topological polar surface area (TPSA) is 42.2 Å². The number of alkyl halides is 3. The fourth-order valence-corrected chi connectivity index (χ4v) is 2.26. The Labute approximate surface area is 136 Å². The summed E-state index contributed by atoms with van der Waals surface area (Å²) in [5, 5.41) is 3.04. The Balaban J connectivity index is 1.88. The molecule has 0 spiro atoms. The summed E-state index contributed by atoms with van der Waals surface area (Å²) in [5.41, 5.74) is 1.86. The zero-order valence-electron chi connectivity index (χ0n) is 12.6. The molecule has 124 valence electrons. The zero-order chi connectivity index (χ0) is 17.0. The van der Waals surface area contributed by atoms with Crippen molar-refractivity contribution in [3.05, 3.63) is 77.6 Å². The third-order valence-corrected chi connectivity index (χ3v) is 3.37. The van der Waals surface area contributed by atoms with Crippen molar-refractivity contribution in [1.29, 1.82) is 0 Å². The van der Waals surface area contributed by atoms with Gasteiger partial charge in [-0.25, -0.2) is 0 Å². The highest BCUT2D eigenvalue weighted by Gasteiger charge is 2.37. The summed E-state index contributed by atoms with van der Waals surface area (Å²) >= 11 is 0. The molecule has 0 saturated heterocycles. The quantitative estimate of drug-likeness (QED) is 0.698. The minimum Gasteiger partial charge on any atom is -0.316 e. The Hall–Kier alpha value is -2.83. The van der Waals surface area contributed by atoms with Crippen LogP contribution in [0.25, 0.3) is 0 Å². The molecule has 1 heterocycles. The maximum atomic E-state index is 12.7. The molecule has 0 amide bonds. The number of anilines is 1. The maximum Gasteiger partial charge on any atom is 0.455 e. The fourth-order valence-electron chi connectivity index (χ4n) is 2.26. The van der Waals surface area contributed by atoms with Gasteiger partial charge in [0.25, 0.3) is 5.82 Å². The Kier molecular flexibility index (Phi) is 4.50. The van der Waals surface area contributed by atoms with E-state index in [0.717, 1.165) is 11.1 Å². The van der Waals surface area contributed by atoms with E-state index in [1.54, 1.807) is 4.90 Å². The second-order valence-corrected chi connectivity index (χ2v) is 5.23. The van der Waals surface area contributed by atoms with Crippen LogP contribution in [0.3, 0.4) is 0 Å². The standard InChI is InChI=1S/C17H14F3N3O/c18-17(19,20)15-21-16(24-22-15)23(11-13-7-3-1-4-8-13)12-14-9-5-2-6-10-14/h1-10H,11-12H2. The van der Waals surface area contributed by atoms with Gasteiger partial charge >= 0.3 is 12.2 Å². The van der Waals surface area contributed by atoms with Crippen LogP contribution in [0.15, 0.2) is 65.2 Å². The molecule has 7 heteroatoms. The van der Waals surface area contributed by atoms with E-state index < -0.39 is 12.0 Å². The van der Waals surface area contributed by atoms with E-state index in [-0.39, 0.29) is 6.01 Å². The molecular formula is C17H14F3N3O. The zero-order valence-corrected chi connectivity index (χ0v) is 12.6. The largest absolute Gasteiger partial charge is 0.455 e. The molecule has 0 fully saturated rings. The van der Waals surface area contributed by atoms with Crippen molar-refractivity contribution in [2.45, 2.75) is 19.3 Å². The van der Waals surface area contributed by atoms with Crippen molar-refractivity contribution in [1.82, 2.24) is 10.1 Å². The van der Waals surface area contributed by atoms with E-state index in [0.29, 0.717) is 13.1 Å². The summed E-state index contributed by atoms with van der Waals surface area (Å²) in [5.74, 6) is -1.27. The minimum atomic E-state index is -4.63. The Bertz CT molecular complexity index is 731. The molecule has 0 saturated carbocycles. The molecule has 0 N–H and O–H groups in total. The van der Waals surface area contributed by atoms with Crippen molar-refractivity contribution in [2.75, 3.05) is 4.90 Å². The van der Waals surface area contributed by atoms with E-state index >= 15 is 0 Å². The molecule has 4 nitrogen and oxygen atoms in total. The van der Waals surface area contributed by atoms with Gasteiger partial charge in [-0.1, -0.05) is 60.7 Å². The van der Waals surface area contributed by atoms with Gasteiger partial charge in [-0.2, -0.15) is 18.2 Å². The number of nitrogens with zero attached hydrogens (tertiary/aromatic N) is 3. The predicted octanol–water partition coefficient (Wildman–Crippen LogP) is 4.30. The van der Waals surface area contributed by atoms with Crippen LogP contribution in [0, 0.1) is 0 Å². The first-order chi connectivity index (χ1) is 11.5. The predicted molar refractivity (Wildman–Crippen MR) is 82.1 cm³/mol. The number of benzene rings is 2. The number of halogens is 3. The monoisotopic (exact) mass is 333 g/mol. The molecule has 3 rings (SSSR count). The lowest BCUT2D eigenvalue weighted by atomic mass is 10.2. The second-order valence-electron chi connectivity index (χ2n) is 5.23. The molecule has 24 heavy (non-hydrogen) atoms. The summed E-state index contributed by atoms with van der Waals surface area (Å²) in [6.45, 7) is 0.713. The van der Waals surface area contributed by atoms with Crippen LogP contribution in [0.2, 0.25) is 0 Å². The van der Waals surface area contributed by atoms with Gasteiger partial charge < -0.3 is 9.42 Å². The highest BCUT2D eigenvalue weighted by atomic mass is 19.4. The van der Waals surface area contributed by atoms with Crippen molar-refractivity contribution in [3.63, 3.8) is 0 Å². The third-order valence-electron chi connectivity index (χ3n) is 3.37. The summed E-state index contributed by atoms with van der Waals surface area (Å²) in [6.07, 6.45) is -4.63. The van der Waals surface area contributed by atoms with E-state index in [9.17, 15) is 13.2 Å². The lowest BCUT2D eigenvalue weighted by molar-refractivity contribution is -0.146. The lowest BCUT2D eigenvalue weighted by Crippen LogP contribution is -2.22. The molecule has 0 aliphatic carbocycles. The van der Waals surface area contributed by atoms with Crippen LogP contribution in [0.1, 0.15) is 17.0 Å². The van der Waals surface area contributed by atoms with E-state index in [4.69, 9.17) is 4.52 Å². The van der Waals surface area contributed by atoms with Crippen LogP contribution in [0.4, 0.5) is 19.2 Å². The van der Waals surface area contributed by atoms with Crippen molar-refractivity contribution >= 4 is 6.01 Å². The Morgan fingerprint density at radius 2 is 1.33 bits per heavy atom. The van der Waals surface area contributed by atoms with Gasteiger partial charge in [-0.3, -0.25) is 0 Å². The first kappa shape index (κ1) is 16.0.